The summed E-state index contributed by atoms with van der Waals surface area (Å²) in [5, 5.41) is 0. The Morgan fingerprint density at radius 2 is 1.55 bits per heavy atom. The van der Waals surface area contributed by atoms with Crippen LogP contribution in [-0.4, -0.2) is 5.78 Å². The number of benzene rings is 1. The van der Waals surface area contributed by atoms with Crippen molar-refractivity contribution in [2.24, 2.45) is 5.92 Å². The molecule has 0 unspecified atom stereocenters. The molecule has 0 spiro atoms. The summed E-state index contributed by atoms with van der Waals surface area (Å²) in [6.07, 6.45) is 8.59. The van der Waals surface area contributed by atoms with Crippen molar-refractivity contribution in [1.82, 2.24) is 0 Å². The molecule has 1 aliphatic rings. The Hall–Kier alpha value is -1.11. The number of carbonyl (C=O) groups excluding carboxylic acids is 1. The highest BCUT2D eigenvalue weighted by molar-refractivity contribution is 5.99. The van der Waals surface area contributed by atoms with Crippen LogP contribution in [0.15, 0.2) is 6.07 Å². The third-order valence-electron chi connectivity index (χ3n) is 5.15. The number of rotatable bonds is 4. The maximum Gasteiger partial charge on any atom is 0.163 e. The number of ketones is 1. The fourth-order valence-corrected chi connectivity index (χ4v) is 3.57. The molecular formula is C19H28O. The second-order valence-corrected chi connectivity index (χ2v) is 6.60. The van der Waals surface area contributed by atoms with E-state index in [4.69, 9.17) is 0 Å². The fraction of sp³-hybridized carbons (Fsp3) is 0.632. The van der Waals surface area contributed by atoms with Crippen molar-refractivity contribution in [3.05, 3.63) is 33.9 Å². The summed E-state index contributed by atoms with van der Waals surface area (Å²) in [6, 6.07) is 2.20. The van der Waals surface area contributed by atoms with Gasteiger partial charge < -0.3 is 0 Å². The molecule has 110 valence electrons. The van der Waals surface area contributed by atoms with E-state index in [0.717, 1.165) is 24.3 Å². The first-order valence-electron chi connectivity index (χ1n) is 8.11. The standard InChI is InChI=1S/C19H28O/c1-13-12-14(2)16(4)19(15(13)3)18(20)11-10-17-8-6-5-7-9-17/h12,17H,5-11H2,1-4H3. The molecule has 1 nitrogen and oxygen atoms in total. The first-order valence-corrected chi connectivity index (χ1v) is 8.11. The van der Waals surface area contributed by atoms with E-state index in [1.165, 1.54) is 54.4 Å². The molecule has 0 bridgehead atoms. The van der Waals surface area contributed by atoms with Crippen molar-refractivity contribution in [1.29, 1.82) is 0 Å². The van der Waals surface area contributed by atoms with Crippen LogP contribution in [0.25, 0.3) is 0 Å². The van der Waals surface area contributed by atoms with E-state index in [1.807, 2.05) is 0 Å². The van der Waals surface area contributed by atoms with Gasteiger partial charge in [-0.2, -0.15) is 0 Å². The molecule has 0 atom stereocenters. The maximum absolute atomic E-state index is 12.6. The zero-order chi connectivity index (χ0) is 14.7. The lowest BCUT2D eigenvalue weighted by Gasteiger charge is -2.21. The predicted molar refractivity (Wildman–Crippen MR) is 85.5 cm³/mol. The number of Topliss-reactive ketones (excluding diaryl/α,β-unsaturated/α-hetero) is 1. The van der Waals surface area contributed by atoms with E-state index in [-0.39, 0.29) is 0 Å². The zero-order valence-corrected chi connectivity index (χ0v) is 13.5. The molecule has 0 aliphatic heterocycles. The number of carbonyl (C=O) groups is 1. The molecule has 20 heavy (non-hydrogen) atoms. The number of hydrogen-bond acceptors (Lipinski definition) is 1. The van der Waals surface area contributed by atoms with Crippen molar-refractivity contribution < 1.29 is 4.79 Å². The van der Waals surface area contributed by atoms with Crippen LogP contribution in [0.3, 0.4) is 0 Å². The van der Waals surface area contributed by atoms with Gasteiger partial charge in [-0.05, 0) is 62.3 Å². The zero-order valence-electron chi connectivity index (χ0n) is 13.5. The minimum atomic E-state index is 0.359. The van der Waals surface area contributed by atoms with Gasteiger partial charge in [0.1, 0.15) is 0 Å². The molecule has 1 aliphatic carbocycles. The van der Waals surface area contributed by atoms with E-state index in [2.05, 4.69) is 33.8 Å². The predicted octanol–water partition coefficient (Wildman–Crippen LogP) is 5.46. The van der Waals surface area contributed by atoms with E-state index in [1.54, 1.807) is 0 Å². The Morgan fingerprint density at radius 1 is 1.00 bits per heavy atom. The average molecular weight is 272 g/mol. The van der Waals surface area contributed by atoms with Crippen molar-refractivity contribution in [2.75, 3.05) is 0 Å². The van der Waals surface area contributed by atoms with E-state index in [0.29, 0.717) is 5.78 Å². The number of aryl methyl sites for hydroxylation is 2. The summed E-state index contributed by atoms with van der Waals surface area (Å²) in [7, 11) is 0. The summed E-state index contributed by atoms with van der Waals surface area (Å²) in [6.45, 7) is 8.41. The third-order valence-corrected chi connectivity index (χ3v) is 5.15. The SMILES string of the molecule is Cc1cc(C)c(C)c(C(=O)CCC2CCCCC2)c1C. The van der Waals surface area contributed by atoms with Gasteiger partial charge in [0, 0.05) is 12.0 Å². The largest absolute Gasteiger partial charge is 0.294 e. The molecule has 0 amide bonds. The van der Waals surface area contributed by atoms with E-state index >= 15 is 0 Å². The molecule has 0 saturated heterocycles. The normalized spacial score (nSPS) is 16.4. The molecule has 1 heteroatoms. The highest BCUT2D eigenvalue weighted by Gasteiger charge is 2.19. The Labute approximate surface area is 123 Å². The Morgan fingerprint density at radius 3 is 2.10 bits per heavy atom. The molecule has 0 N–H and O–H groups in total. The van der Waals surface area contributed by atoms with Crippen LogP contribution in [-0.2, 0) is 0 Å². The lowest BCUT2D eigenvalue weighted by Crippen LogP contribution is -2.12. The highest BCUT2D eigenvalue weighted by Crippen LogP contribution is 2.29. The van der Waals surface area contributed by atoms with Crippen molar-refractivity contribution in [2.45, 2.75) is 72.6 Å². The summed E-state index contributed by atoms with van der Waals surface area (Å²) in [4.78, 5) is 12.6. The van der Waals surface area contributed by atoms with Gasteiger partial charge in [-0.1, -0.05) is 38.2 Å². The van der Waals surface area contributed by atoms with Gasteiger partial charge in [0.2, 0.25) is 0 Å². The van der Waals surface area contributed by atoms with Gasteiger partial charge in [0.15, 0.2) is 5.78 Å². The monoisotopic (exact) mass is 272 g/mol. The average Bonchev–Trinajstić information content (AvgIpc) is 2.44. The van der Waals surface area contributed by atoms with E-state index < -0.39 is 0 Å². The van der Waals surface area contributed by atoms with Crippen molar-refractivity contribution in [3.63, 3.8) is 0 Å². The molecular weight excluding hydrogens is 244 g/mol. The van der Waals surface area contributed by atoms with Crippen LogP contribution < -0.4 is 0 Å². The highest BCUT2D eigenvalue weighted by atomic mass is 16.1. The van der Waals surface area contributed by atoms with Gasteiger partial charge >= 0.3 is 0 Å². The van der Waals surface area contributed by atoms with Crippen molar-refractivity contribution in [3.8, 4) is 0 Å². The van der Waals surface area contributed by atoms with Crippen LogP contribution >= 0.6 is 0 Å². The molecule has 0 radical (unpaired) electrons. The van der Waals surface area contributed by atoms with Gasteiger partial charge in [0.05, 0.1) is 0 Å². The first kappa shape index (κ1) is 15.3. The van der Waals surface area contributed by atoms with Crippen molar-refractivity contribution >= 4 is 5.78 Å². The smallest absolute Gasteiger partial charge is 0.163 e. The van der Waals surface area contributed by atoms with Crippen LogP contribution in [0.1, 0.15) is 77.6 Å². The molecule has 0 heterocycles. The summed E-state index contributed by atoms with van der Waals surface area (Å²) in [5.74, 6) is 1.15. The summed E-state index contributed by atoms with van der Waals surface area (Å²) in [5.41, 5.74) is 5.85. The van der Waals surface area contributed by atoms with Crippen LogP contribution in [0, 0.1) is 33.6 Å². The lowest BCUT2D eigenvalue weighted by atomic mass is 9.84. The third kappa shape index (κ3) is 3.31. The van der Waals surface area contributed by atoms with Crippen LogP contribution in [0.4, 0.5) is 0 Å². The quantitative estimate of drug-likeness (QED) is 0.665. The Kier molecular flexibility index (Phi) is 5.01. The van der Waals surface area contributed by atoms with Crippen LogP contribution in [0.5, 0.6) is 0 Å². The molecule has 1 aromatic carbocycles. The minimum Gasteiger partial charge on any atom is -0.294 e. The van der Waals surface area contributed by atoms with E-state index in [9.17, 15) is 4.79 Å². The topological polar surface area (TPSA) is 17.1 Å². The van der Waals surface area contributed by atoms with Gasteiger partial charge in [-0.25, -0.2) is 0 Å². The molecule has 0 aromatic heterocycles. The van der Waals surface area contributed by atoms with Gasteiger partial charge in [0.25, 0.3) is 0 Å². The van der Waals surface area contributed by atoms with Crippen LogP contribution in [0.2, 0.25) is 0 Å². The molecule has 2 rings (SSSR count). The summed E-state index contributed by atoms with van der Waals surface area (Å²) >= 11 is 0. The maximum atomic E-state index is 12.6. The molecule has 1 saturated carbocycles. The van der Waals surface area contributed by atoms with Gasteiger partial charge in [-0.15, -0.1) is 0 Å². The summed E-state index contributed by atoms with van der Waals surface area (Å²) < 4.78 is 0. The number of hydrogen-bond donors (Lipinski definition) is 0. The Balaban J connectivity index is 2.09. The minimum absolute atomic E-state index is 0.359. The second-order valence-electron chi connectivity index (χ2n) is 6.60. The lowest BCUT2D eigenvalue weighted by molar-refractivity contribution is 0.0969. The van der Waals surface area contributed by atoms with Gasteiger partial charge in [-0.3, -0.25) is 4.79 Å². The first-order chi connectivity index (χ1) is 9.50. The molecule has 1 fully saturated rings. The second kappa shape index (κ2) is 6.56. The molecule has 1 aromatic rings. The fourth-order valence-electron chi connectivity index (χ4n) is 3.57. The Bertz CT molecular complexity index is 467.